The summed E-state index contributed by atoms with van der Waals surface area (Å²) in [5, 5.41) is 0. The highest BCUT2D eigenvalue weighted by molar-refractivity contribution is 5.94. The van der Waals surface area contributed by atoms with Crippen LogP contribution < -0.4 is 0 Å². The Labute approximate surface area is 209 Å². The minimum absolute atomic E-state index is 0.0196. The van der Waals surface area contributed by atoms with Crippen LogP contribution in [-0.2, 0) is 19.0 Å². The summed E-state index contributed by atoms with van der Waals surface area (Å²) >= 11 is 0. The highest BCUT2D eigenvalue weighted by Gasteiger charge is 2.29. The van der Waals surface area contributed by atoms with Crippen LogP contribution in [0.4, 0.5) is 13.2 Å². The summed E-state index contributed by atoms with van der Waals surface area (Å²) in [5.74, 6) is 6.45. The standard InChI is InChI=1S/C31H26F3NO/c1-3-4-7-26-20-35(28-18-14-24(15-19-28)22(2)36)21-30(26)29-9-6-5-8-25(29)13-10-23-11-16-27(17-12-23)31(32,33)34/h5-6,8-9,11-12,14-21H,3,10,13H2,1-2H3. The molecule has 1 aromatic heterocycles. The second kappa shape index (κ2) is 10.7. The molecule has 5 heteroatoms. The summed E-state index contributed by atoms with van der Waals surface area (Å²) in [5.41, 5.74) is 5.84. The van der Waals surface area contributed by atoms with Gasteiger partial charge in [0.15, 0.2) is 5.78 Å². The second-order valence-electron chi connectivity index (χ2n) is 8.60. The Morgan fingerprint density at radius 1 is 0.861 bits per heavy atom. The maximum Gasteiger partial charge on any atom is 0.416 e. The number of carbonyl (C=O) groups excluding carboxylic acids is 1. The van der Waals surface area contributed by atoms with Crippen molar-refractivity contribution in [2.24, 2.45) is 0 Å². The maximum atomic E-state index is 12.9. The molecule has 0 aliphatic carbocycles. The van der Waals surface area contributed by atoms with Gasteiger partial charge < -0.3 is 4.57 Å². The van der Waals surface area contributed by atoms with Gasteiger partial charge in [-0.2, -0.15) is 13.2 Å². The van der Waals surface area contributed by atoms with E-state index in [-0.39, 0.29) is 5.78 Å². The fraction of sp³-hybridized carbons (Fsp3) is 0.194. The average molecular weight is 486 g/mol. The lowest BCUT2D eigenvalue weighted by Crippen LogP contribution is -2.04. The molecule has 4 aromatic rings. The third-order valence-electron chi connectivity index (χ3n) is 6.07. The van der Waals surface area contributed by atoms with Crippen LogP contribution in [0.5, 0.6) is 0 Å². The molecule has 0 amide bonds. The third-order valence-corrected chi connectivity index (χ3v) is 6.07. The molecule has 0 spiro atoms. The first-order chi connectivity index (χ1) is 17.3. The van der Waals surface area contributed by atoms with E-state index in [9.17, 15) is 18.0 Å². The summed E-state index contributed by atoms with van der Waals surface area (Å²) in [6, 6.07) is 20.9. The van der Waals surface area contributed by atoms with Gasteiger partial charge in [-0.15, -0.1) is 0 Å². The number of ketones is 1. The number of halogens is 3. The molecule has 2 nitrogen and oxygen atoms in total. The number of aromatic nitrogens is 1. The van der Waals surface area contributed by atoms with E-state index < -0.39 is 11.7 Å². The Balaban J connectivity index is 1.65. The van der Waals surface area contributed by atoms with E-state index >= 15 is 0 Å². The van der Waals surface area contributed by atoms with Gasteiger partial charge >= 0.3 is 6.18 Å². The summed E-state index contributed by atoms with van der Waals surface area (Å²) in [6.45, 7) is 3.55. The molecule has 36 heavy (non-hydrogen) atoms. The Kier molecular flexibility index (Phi) is 7.45. The first kappa shape index (κ1) is 25.1. The topological polar surface area (TPSA) is 22.0 Å². The number of hydrogen-bond acceptors (Lipinski definition) is 1. The van der Waals surface area contributed by atoms with Crippen molar-refractivity contribution in [3.8, 4) is 28.7 Å². The van der Waals surface area contributed by atoms with Crippen LogP contribution in [0.2, 0.25) is 0 Å². The van der Waals surface area contributed by atoms with Crippen molar-refractivity contribution in [1.29, 1.82) is 0 Å². The molecule has 4 rings (SSSR count). The summed E-state index contributed by atoms with van der Waals surface area (Å²) in [4.78, 5) is 11.6. The van der Waals surface area contributed by atoms with Crippen LogP contribution in [-0.4, -0.2) is 10.4 Å². The largest absolute Gasteiger partial charge is 0.416 e. The van der Waals surface area contributed by atoms with Crippen LogP contribution >= 0.6 is 0 Å². The Bertz CT molecular complexity index is 1420. The van der Waals surface area contributed by atoms with Gasteiger partial charge in [0.05, 0.1) is 11.1 Å². The lowest BCUT2D eigenvalue weighted by atomic mass is 9.94. The van der Waals surface area contributed by atoms with Crippen molar-refractivity contribution in [2.45, 2.75) is 39.3 Å². The van der Waals surface area contributed by atoms with Crippen molar-refractivity contribution in [1.82, 2.24) is 4.57 Å². The Morgan fingerprint density at radius 3 is 2.19 bits per heavy atom. The quantitative estimate of drug-likeness (QED) is 0.201. The smallest absolute Gasteiger partial charge is 0.322 e. The van der Waals surface area contributed by atoms with Gasteiger partial charge in [0.1, 0.15) is 0 Å². The molecule has 0 saturated heterocycles. The predicted octanol–water partition coefficient (Wildman–Crippen LogP) is 7.91. The van der Waals surface area contributed by atoms with Crippen molar-refractivity contribution in [3.63, 3.8) is 0 Å². The van der Waals surface area contributed by atoms with Gasteiger partial charge in [-0.25, -0.2) is 0 Å². The molecule has 0 unspecified atom stereocenters. The molecule has 182 valence electrons. The fourth-order valence-corrected chi connectivity index (χ4v) is 4.11. The highest BCUT2D eigenvalue weighted by atomic mass is 19.4. The number of hydrogen-bond donors (Lipinski definition) is 0. The van der Waals surface area contributed by atoms with Crippen LogP contribution in [0, 0.1) is 11.8 Å². The van der Waals surface area contributed by atoms with Gasteiger partial charge in [0.25, 0.3) is 0 Å². The molecule has 0 radical (unpaired) electrons. The normalized spacial score (nSPS) is 11.1. The molecule has 0 aliphatic rings. The number of carbonyl (C=O) groups is 1. The summed E-state index contributed by atoms with van der Waals surface area (Å²) in [6.07, 6.45) is 1.74. The van der Waals surface area contributed by atoms with Crippen LogP contribution in [0.1, 0.15) is 52.9 Å². The van der Waals surface area contributed by atoms with Crippen molar-refractivity contribution < 1.29 is 18.0 Å². The Hall–Kier alpha value is -4.04. The van der Waals surface area contributed by atoms with Crippen LogP contribution in [0.3, 0.4) is 0 Å². The van der Waals surface area contributed by atoms with Gasteiger partial charge in [-0.05, 0) is 72.9 Å². The zero-order chi connectivity index (χ0) is 25.7. The molecular formula is C31H26F3NO. The van der Waals surface area contributed by atoms with Gasteiger partial charge in [-0.1, -0.05) is 55.2 Å². The van der Waals surface area contributed by atoms with E-state index in [1.807, 2.05) is 60.3 Å². The third kappa shape index (κ3) is 5.78. The highest BCUT2D eigenvalue weighted by Crippen LogP contribution is 2.31. The van der Waals surface area contributed by atoms with E-state index in [1.165, 1.54) is 0 Å². The zero-order valence-corrected chi connectivity index (χ0v) is 20.2. The van der Waals surface area contributed by atoms with Gasteiger partial charge in [0, 0.05) is 35.6 Å². The number of Topliss-reactive ketones (excluding diaryl/α,β-unsaturated/α-hetero) is 1. The molecule has 0 aliphatic heterocycles. The predicted molar refractivity (Wildman–Crippen MR) is 137 cm³/mol. The summed E-state index contributed by atoms with van der Waals surface area (Å²) < 4.78 is 40.7. The van der Waals surface area contributed by atoms with E-state index in [1.54, 1.807) is 19.1 Å². The van der Waals surface area contributed by atoms with Crippen molar-refractivity contribution in [3.05, 3.63) is 113 Å². The first-order valence-corrected chi connectivity index (χ1v) is 11.8. The van der Waals surface area contributed by atoms with E-state index in [2.05, 4.69) is 24.0 Å². The van der Waals surface area contributed by atoms with Crippen LogP contribution in [0.25, 0.3) is 16.8 Å². The van der Waals surface area contributed by atoms with E-state index in [0.717, 1.165) is 52.1 Å². The summed E-state index contributed by atoms with van der Waals surface area (Å²) in [7, 11) is 0. The fourth-order valence-electron chi connectivity index (χ4n) is 4.11. The van der Waals surface area contributed by atoms with Crippen LogP contribution in [0.15, 0.2) is 85.2 Å². The van der Waals surface area contributed by atoms with Gasteiger partial charge in [-0.3, -0.25) is 4.79 Å². The molecule has 0 fully saturated rings. The molecular weight excluding hydrogens is 459 g/mol. The number of aryl methyl sites for hydroxylation is 2. The van der Waals surface area contributed by atoms with Gasteiger partial charge in [0.2, 0.25) is 0 Å². The minimum atomic E-state index is -4.33. The number of alkyl halides is 3. The second-order valence-corrected chi connectivity index (χ2v) is 8.60. The molecule has 0 N–H and O–H groups in total. The average Bonchev–Trinajstić information content (AvgIpc) is 3.30. The van der Waals surface area contributed by atoms with E-state index in [4.69, 9.17) is 0 Å². The molecule has 3 aromatic carbocycles. The Morgan fingerprint density at radius 2 is 1.56 bits per heavy atom. The maximum absolute atomic E-state index is 12.9. The van der Waals surface area contributed by atoms with E-state index in [0.29, 0.717) is 18.4 Å². The lowest BCUT2D eigenvalue weighted by Gasteiger charge is -2.11. The zero-order valence-electron chi connectivity index (χ0n) is 20.2. The monoisotopic (exact) mass is 485 g/mol. The number of nitrogens with zero attached hydrogens (tertiary/aromatic N) is 1. The molecule has 0 bridgehead atoms. The minimum Gasteiger partial charge on any atom is -0.322 e. The lowest BCUT2D eigenvalue weighted by molar-refractivity contribution is -0.137. The number of rotatable bonds is 6. The molecule has 0 atom stereocenters. The molecule has 0 saturated carbocycles. The number of benzene rings is 3. The first-order valence-electron chi connectivity index (χ1n) is 11.8. The molecule has 1 heterocycles. The SMILES string of the molecule is CCC#Cc1cn(-c2ccc(C(C)=O)cc2)cc1-c1ccccc1CCc1ccc(C(F)(F)F)cc1. The van der Waals surface area contributed by atoms with Crippen molar-refractivity contribution in [2.75, 3.05) is 0 Å². The van der Waals surface area contributed by atoms with Crippen molar-refractivity contribution >= 4 is 5.78 Å².